The summed E-state index contributed by atoms with van der Waals surface area (Å²) in [5.41, 5.74) is 2.47. The first-order chi connectivity index (χ1) is 15.9. The lowest BCUT2D eigenvalue weighted by atomic mass is 10.1. The second kappa shape index (κ2) is 11.6. The first-order valence-electron chi connectivity index (χ1n) is 10.9. The van der Waals surface area contributed by atoms with E-state index in [0.717, 1.165) is 16.8 Å². The van der Waals surface area contributed by atoms with E-state index in [-0.39, 0.29) is 25.0 Å². The van der Waals surface area contributed by atoms with E-state index in [9.17, 15) is 9.50 Å². The summed E-state index contributed by atoms with van der Waals surface area (Å²) >= 11 is 0. The molecular weight excluding hydrogens is 421 g/mol. The Bertz CT molecular complexity index is 1080. The Labute approximate surface area is 194 Å². The van der Waals surface area contributed by atoms with Gasteiger partial charge in [0.25, 0.3) is 0 Å². The van der Waals surface area contributed by atoms with Crippen LogP contribution in [0.3, 0.4) is 0 Å². The molecule has 0 amide bonds. The van der Waals surface area contributed by atoms with Crippen molar-refractivity contribution in [3.05, 3.63) is 66.0 Å². The third kappa shape index (κ3) is 6.42. The van der Waals surface area contributed by atoms with Crippen LogP contribution in [0.2, 0.25) is 0 Å². The van der Waals surface area contributed by atoms with E-state index in [1.807, 2.05) is 44.2 Å². The maximum absolute atomic E-state index is 14.4. The van der Waals surface area contributed by atoms with Crippen LogP contribution in [0.1, 0.15) is 19.4 Å². The summed E-state index contributed by atoms with van der Waals surface area (Å²) in [6.45, 7) is 5.19. The topological polar surface area (TPSA) is 59.8 Å². The van der Waals surface area contributed by atoms with Crippen molar-refractivity contribution < 1.29 is 19.0 Å². The second-order valence-corrected chi connectivity index (χ2v) is 8.05. The Morgan fingerprint density at radius 1 is 1.15 bits per heavy atom. The van der Waals surface area contributed by atoms with Crippen LogP contribution < -0.4 is 4.74 Å². The summed E-state index contributed by atoms with van der Waals surface area (Å²) in [6.07, 6.45) is 4.50. The molecule has 1 atom stereocenters. The number of rotatable bonds is 11. The van der Waals surface area contributed by atoms with Gasteiger partial charge in [0.2, 0.25) is 5.88 Å². The van der Waals surface area contributed by atoms with E-state index >= 15 is 0 Å². The largest absolute Gasteiger partial charge is 0.436 e. The number of aliphatic hydroxyl groups excluding tert-OH is 1. The third-order valence-corrected chi connectivity index (χ3v) is 5.21. The minimum absolute atomic E-state index is 0.109. The molecular formula is C26H30FN3O3. The van der Waals surface area contributed by atoms with Crippen LogP contribution in [0.15, 0.2) is 54.6 Å². The zero-order valence-electron chi connectivity index (χ0n) is 19.2. The van der Waals surface area contributed by atoms with Crippen molar-refractivity contribution in [2.45, 2.75) is 32.5 Å². The molecule has 0 radical (unpaired) electrons. The number of aromatic nitrogens is 2. The molecule has 0 fully saturated rings. The molecule has 6 nitrogen and oxygen atoms in total. The number of para-hydroxylation sites is 1. The average molecular weight is 452 g/mol. The molecule has 1 aromatic heterocycles. The predicted molar refractivity (Wildman–Crippen MR) is 126 cm³/mol. The van der Waals surface area contributed by atoms with Crippen molar-refractivity contribution >= 4 is 0 Å². The van der Waals surface area contributed by atoms with Crippen molar-refractivity contribution in [3.63, 3.8) is 0 Å². The highest BCUT2D eigenvalue weighted by Gasteiger charge is 2.25. The van der Waals surface area contributed by atoms with E-state index in [1.165, 1.54) is 6.07 Å². The van der Waals surface area contributed by atoms with Crippen molar-refractivity contribution in [2.24, 2.45) is 7.05 Å². The maximum Gasteiger partial charge on any atom is 0.222 e. The summed E-state index contributed by atoms with van der Waals surface area (Å²) < 4.78 is 27.3. The summed E-state index contributed by atoms with van der Waals surface area (Å²) in [5.74, 6) is 2.52. The Hall–Kier alpha value is -3.18. The molecule has 0 aliphatic carbocycles. The van der Waals surface area contributed by atoms with E-state index in [2.05, 4.69) is 10.8 Å². The summed E-state index contributed by atoms with van der Waals surface area (Å²) in [4.78, 5) is 2.10. The predicted octanol–water partition coefficient (Wildman–Crippen LogP) is 4.24. The number of halogens is 1. The molecule has 0 bridgehead atoms. The number of benzene rings is 2. The lowest BCUT2D eigenvalue weighted by Gasteiger charge is -2.29. The third-order valence-electron chi connectivity index (χ3n) is 5.21. The molecule has 0 spiro atoms. The van der Waals surface area contributed by atoms with E-state index < -0.39 is 11.9 Å². The molecule has 1 N–H and O–H groups in total. The first kappa shape index (κ1) is 24.5. The van der Waals surface area contributed by atoms with Crippen LogP contribution in [0.5, 0.6) is 11.6 Å². The van der Waals surface area contributed by atoms with Crippen LogP contribution >= 0.6 is 0 Å². The first-order valence-corrected chi connectivity index (χ1v) is 10.9. The number of hydrogen-bond acceptors (Lipinski definition) is 5. The fourth-order valence-electron chi connectivity index (χ4n) is 3.52. The summed E-state index contributed by atoms with van der Waals surface area (Å²) in [6, 6.07) is 16.2. The van der Waals surface area contributed by atoms with Gasteiger partial charge in [-0.15, -0.1) is 6.42 Å². The van der Waals surface area contributed by atoms with E-state index in [0.29, 0.717) is 19.0 Å². The molecule has 174 valence electrons. The fourth-order valence-corrected chi connectivity index (χ4v) is 3.52. The molecule has 7 heteroatoms. The highest BCUT2D eigenvalue weighted by Crippen LogP contribution is 2.35. The van der Waals surface area contributed by atoms with Gasteiger partial charge < -0.3 is 14.6 Å². The molecule has 33 heavy (non-hydrogen) atoms. The highest BCUT2D eigenvalue weighted by molar-refractivity contribution is 5.65. The van der Waals surface area contributed by atoms with Gasteiger partial charge in [-0.05, 0) is 26.0 Å². The Morgan fingerprint density at radius 2 is 1.85 bits per heavy atom. The van der Waals surface area contributed by atoms with Crippen LogP contribution in [0, 0.1) is 18.2 Å². The number of ether oxygens (including phenoxy) is 2. The van der Waals surface area contributed by atoms with Gasteiger partial charge in [-0.1, -0.05) is 48.4 Å². The van der Waals surface area contributed by atoms with Crippen molar-refractivity contribution in [2.75, 3.05) is 19.8 Å². The minimum Gasteiger partial charge on any atom is -0.436 e. The molecule has 0 aliphatic rings. The fraction of sp³-hybridized carbons (Fsp3) is 0.346. The van der Waals surface area contributed by atoms with Gasteiger partial charge in [0.15, 0.2) is 11.6 Å². The maximum atomic E-state index is 14.4. The SMILES string of the molecule is C#CCOC[C@@H](O)CN(Cc1c(-c2ccccc2)nn(C)c1Oc1ccccc1F)C(C)C. The van der Waals surface area contributed by atoms with E-state index in [1.54, 1.807) is 29.9 Å². The summed E-state index contributed by atoms with van der Waals surface area (Å²) in [7, 11) is 1.77. The average Bonchev–Trinajstić information content (AvgIpc) is 3.10. The van der Waals surface area contributed by atoms with Crippen LogP contribution in [-0.2, 0) is 18.3 Å². The van der Waals surface area contributed by atoms with Gasteiger partial charge in [-0.3, -0.25) is 4.90 Å². The smallest absolute Gasteiger partial charge is 0.222 e. The lowest BCUT2D eigenvalue weighted by Crippen LogP contribution is -2.39. The van der Waals surface area contributed by atoms with Gasteiger partial charge in [-0.25, -0.2) is 9.07 Å². The zero-order chi connectivity index (χ0) is 23.8. The number of aryl methyl sites for hydroxylation is 1. The highest BCUT2D eigenvalue weighted by atomic mass is 19.1. The van der Waals surface area contributed by atoms with Gasteiger partial charge >= 0.3 is 0 Å². The Balaban J connectivity index is 1.96. The number of terminal acetylenes is 1. The number of nitrogens with zero attached hydrogens (tertiary/aromatic N) is 3. The molecule has 0 saturated heterocycles. The zero-order valence-corrected chi connectivity index (χ0v) is 19.2. The van der Waals surface area contributed by atoms with Crippen molar-refractivity contribution in [3.8, 4) is 35.2 Å². The van der Waals surface area contributed by atoms with Gasteiger partial charge in [0.05, 0.1) is 18.3 Å². The van der Waals surface area contributed by atoms with Crippen LogP contribution in [0.25, 0.3) is 11.3 Å². The molecule has 1 heterocycles. The normalized spacial score (nSPS) is 12.2. The van der Waals surface area contributed by atoms with Crippen LogP contribution in [-0.4, -0.2) is 51.7 Å². The Kier molecular flexibility index (Phi) is 8.61. The molecule has 0 saturated carbocycles. The number of aliphatic hydroxyl groups is 1. The molecule has 3 rings (SSSR count). The Morgan fingerprint density at radius 3 is 2.52 bits per heavy atom. The molecule has 2 aromatic carbocycles. The second-order valence-electron chi connectivity index (χ2n) is 8.05. The van der Waals surface area contributed by atoms with Gasteiger partial charge in [-0.2, -0.15) is 5.10 Å². The van der Waals surface area contributed by atoms with Gasteiger partial charge in [0.1, 0.15) is 12.3 Å². The summed E-state index contributed by atoms with van der Waals surface area (Å²) in [5, 5.41) is 15.2. The van der Waals surface area contributed by atoms with Crippen molar-refractivity contribution in [1.82, 2.24) is 14.7 Å². The molecule has 3 aromatic rings. The standard InChI is InChI=1S/C26H30FN3O3/c1-5-15-32-18-21(31)16-30(19(2)3)17-22-25(20-11-7-6-8-12-20)28-29(4)26(22)33-24-14-10-9-13-23(24)27/h1,6-14,19,21,31H,15-18H2,2-4H3/t21-/m0/s1. The number of hydrogen-bond donors (Lipinski definition) is 1. The quantitative estimate of drug-likeness (QED) is 0.349. The lowest BCUT2D eigenvalue weighted by molar-refractivity contribution is 0.0191. The molecule has 0 aliphatic heterocycles. The van der Waals surface area contributed by atoms with Crippen molar-refractivity contribution in [1.29, 1.82) is 0 Å². The molecule has 0 unspecified atom stereocenters. The van der Waals surface area contributed by atoms with Gasteiger partial charge in [0, 0.05) is 31.7 Å². The van der Waals surface area contributed by atoms with E-state index in [4.69, 9.17) is 21.0 Å². The monoisotopic (exact) mass is 451 g/mol. The van der Waals surface area contributed by atoms with Crippen LogP contribution in [0.4, 0.5) is 4.39 Å². The minimum atomic E-state index is -0.714.